The van der Waals surface area contributed by atoms with Crippen LogP contribution in [0, 0.1) is 0 Å². The number of ether oxygens (including phenoxy) is 2. The van der Waals surface area contributed by atoms with Crippen molar-refractivity contribution >= 4 is 29.0 Å². The molecule has 7 heteroatoms. The minimum Gasteiger partial charge on any atom is -0.486 e. The number of fused-ring (bicyclic) bond motifs is 1. The van der Waals surface area contributed by atoms with Gasteiger partial charge in [0, 0.05) is 16.3 Å². The molecule has 134 valence electrons. The Balaban J connectivity index is 1.49. The van der Waals surface area contributed by atoms with Crippen LogP contribution in [0.3, 0.4) is 0 Å². The number of likely N-dealkylation sites (N-methyl/N-ethyl adjacent to an activating group) is 1. The monoisotopic (exact) mass is 378 g/mol. The van der Waals surface area contributed by atoms with E-state index in [1.165, 1.54) is 16.6 Å². The molecular weight excluding hydrogens is 356 g/mol. The van der Waals surface area contributed by atoms with Crippen molar-refractivity contribution in [3.05, 3.63) is 40.6 Å². The minimum absolute atomic E-state index is 0.0308. The van der Waals surface area contributed by atoms with Crippen molar-refractivity contribution in [2.75, 3.05) is 39.6 Å². The van der Waals surface area contributed by atoms with E-state index in [9.17, 15) is 4.79 Å². The zero-order valence-corrected chi connectivity index (χ0v) is 16.0. The van der Waals surface area contributed by atoms with Crippen LogP contribution in [0.2, 0.25) is 0 Å². The molecule has 1 unspecified atom stereocenters. The number of thiophene rings is 1. The fourth-order valence-electron chi connectivity index (χ4n) is 2.54. The summed E-state index contributed by atoms with van der Waals surface area (Å²) < 4.78 is 11.1. The normalized spacial score (nSPS) is 14.4. The molecule has 1 aliphatic heterocycles. The van der Waals surface area contributed by atoms with Gasteiger partial charge in [0.2, 0.25) is 5.91 Å². The van der Waals surface area contributed by atoms with Crippen molar-refractivity contribution in [1.29, 1.82) is 0 Å². The van der Waals surface area contributed by atoms with E-state index in [4.69, 9.17) is 9.47 Å². The second-order valence-corrected chi connectivity index (χ2v) is 7.92. The molecule has 1 N–H and O–H groups in total. The van der Waals surface area contributed by atoms with Crippen molar-refractivity contribution in [3.8, 4) is 11.5 Å². The first-order chi connectivity index (χ1) is 12.1. The van der Waals surface area contributed by atoms with Gasteiger partial charge in [-0.2, -0.15) is 0 Å². The lowest BCUT2D eigenvalue weighted by Crippen LogP contribution is -2.35. The number of hydrogen-bond donors (Lipinski definition) is 1. The number of thioether (sulfide) groups is 1. The van der Waals surface area contributed by atoms with E-state index in [0.717, 1.165) is 16.4 Å². The van der Waals surface area contributed by atoms with Gasteiger partial charge in [0.25, 0.3) is 0 Å². The Morgan fingerprint density at radius 3 is 2.80 bits per heavy atom. The molecule has 0 saturated carbocycles. The second kappa shape index (κ2) is 8.60. The second-order valence-electron chi connectivity index (χ2n) is 5.89. The summed E-state index contributed by atoms with van der Waals surface area (Å²) in [6.07, 6.45) is 0. The molecule has 0 radical (unpaired) electrons. The number of carbonyl (C=O) groups is 1. The predicted molar refractivity (Wildman–Crippen MR) is 102 cm³/mol. The Hall–Kier alpha value is -1.70. The van der Waals surface area contributed by atoms with Crippen molar-refractivity contribution < 1.29 is 14.3 Å². The molecule has 2 heterocycles. The van der Waals surface area contributed by atoms with Crippen molar-refractivity contribution in [2.24, 2.45) is 0 Å². The Morgan fingerprint density at radius 1 is 1.28 bits per heavy atom. The van der Waals surface area contributed by atoms with Crippen LogP contribution in [0.25, 0.3) is 0 Å². The molecule has 1 amide bonds. The van der Waals surface area contributed by atoms with Crippen LogP contribution < -0.4 is 14.8 Å². The van der Waals surface area contributed by atoms with Crippen molar-refractivity contribution in [1.82, 2.24) is 10.2 Å². The lowest BCUT2D eigenvalue weighted by molar-refractivity contribution is -0.118. The molecule has 1 aliphatic rings. The van der Waals surface area contributed by atoms with E-state index < -0.39 is 0 Å². The number of carbonyl (C=O) groups excluding carboxylic acids is 1. The maximum Gasteiger partial charge on any atom is 0.230 e. The highest BCUT2D eigenvalue weighted by molar-refractivity contribution is 8.00. The number of nitrogens with zero attached hydrogens (tertiary/aromatic N) is 1. The molecule has 0 saturated heterocycles. The Morgan fingerprint density at radius 2 is 2.08 bits per heavy atom. The molecular formula is C18H22N2O3S2. The Kier molecular flexibility index (Phi) is 6.23. The smallest absolute Gasteiger partial charge is 0.230 e. The average Bonchev–Trinajstić information content (AvgIpc) is 3.14. The predicted octanol–water partition coefficient (Wildman–Crippen LogP) is 3.03. The first-order valence-electron chi connectivity index (χ1n) is 8.12. The van der Waals surface area contributed by atoms with Gasteiger partial charge in [-0.25, -0.2) is 0 Å². The lowest BCUT2D eigenvalue weighted by atomic mass is 10.2. The zero-order valence-electron chi connectivity index (χ0n) is 14.4. The number of rotatable bonds is 7. The highest BCUT2D eigenvalue weighted by Crippen LogP contribution is 2.34. The van der Waals surface area contributed by atoms with Gasteiger partial charge in [0.15, 0.2) is 11.5 Å². The van der Waals surface area contributed by atoms with E-state index in [0.29, 0.717) is 25.5 Å². The molecule has 2 aromatic rings. The zero-order chi connectivity index (χ0) is 17.6. The van der Waals surface area contributed by atoms with Crippen molar-refractivity contribution in [3.63, 3.8) is 0 Å². The van der Waals surface area contributed by atoms with E-state index in [1.54, 1.807) is 11.3 Å². The number of nitrogens with one attached hydrogen (secondary N) is 1. The van der Waals surface area contributed by atoms with Crippen LogP contribution >= 0.6 is 23.1 Å². The third-order valence-corrected chi connectivity index (χ3v) is 5.84. The summed E-state index contributed by atoms with van der Waals surface area (Å²) in [7, 11) is 4.06. The summed E-state index contributed by atoms with van der Waals surface area (Å²) in [6.45, 7) is 1.75. The number of amides is 1. The van der Waals surface area contributed by atoms with Crippen LogP contribution in [0.5, 0.6) is 11.5 Å². The summed E-state index contributed by atoms with van der Waals surface area (Å²) >= 11 is 3.21. The van der Waals surface area contributed by atoms with Gasteiger partial charge in [-0.05, 0) is 43.7 Å². The van der Waals surface area contributed by atoms with Gasteiger partial charge < -0.3 is 19.7 Å². The van der Waals surface area contributed by atoms with Gasteiger partial charge >= 0.3 is 0 Å². The van der Waals surface area contributed by atoms with Crippen LogP contribution in [0.15, 0.2) is 40.6 Å². The van der Waals surface area contributed by atoms with Crippen LogP contribution in [-0.4, -0.2) is 50.4 Å². The summed E-state index contributed by atoms with van der Waals surface area (Å²) in [4.78, 5) is 16.6. The van der Waals surface area contributed by atoms with Gasteiger partial charge in [0.05, 0.1) is 11.8 Å². The summed E-state index contributed by atoms with van der Waals surface area (Å²) in [5.41, 5.74) is 0. The largest absolute Gasteiger partial charge is 0.486 e. The standard InChI is InChI=1S/C18H22N2O3S2/c1-20(2)14(17-4-3-9-24-17)11-19-18(21)12-25-13-5-6-15-16(10-13)23-8-7-22-15/h3-6,9-10,14H,7-8,11-12H2,1-2H3,(H,19,21). The quantitative estimate of drug-likeness (QED) is 0.751. The molecule has 5 nitrogen and oxygen atoms in total. The first-order valence-corrected chi connectivity index (χ1v) is 9.99. The maximum absolute atomic E-state index is 12.2. The summed E-state index contributed by atoms with van der Waals surface area (Å²) in [5, 5.41) is 5.10. The van der Waals surface area contributed by atoms with Gasteiger partial charge in [-0.3, -0.25) is 4.79 Å². The summed E-state index contributed by atoms with van der Waals surface area (Å²) in [5.74, 6) is 1.93. The first kappa shape index (κ1) is 18.1. The third-order valence-electron chi connectivity index (χ3n) is 3.87. The molecule has 0 aliphatic carbocycles. The van der Waals surface area contributed by atoms with Gasteiger partial charge in [-0.15, -0.1) is 23.1 Å². The number of benzene rings is 1. The molecule has 1 aromatic carbocycles. The average molecular weight is 379 g/mol. The molecule has 0 bridgehead atoms. The van der Waals surface area contributed by atoms with Gasteiger partial charge in [-0.1, -0.05) is 6.07 Å². The van der Waals surface area contributed by atoms with E-state index in [-0.39, 0.29) is 11.9 Å². The fourth-order valence-corrected chi connectivity index (χ4v) is 4.22. The third kappa shape index (κ3) is 4.90. The van der Waals surface area contributed by atoms with Crippen LogP contribution in [0.4, 0.5) is 0 Å². The topological polar surface area (TPSA) is 50.8 Å². The van der Waals surface area contributed by atoms with Crippen LogP contribution in [-0.2, 0) is 4.79 Å². The van der Waals surface area contributed by atoms with Crippen LogP contribution in [0.1, 0.15) is 10.9 Å². The Labute approximate surface area is 156 Å². The SMILES string of the molecule is CN(C)C(CNC(=O)CSc1ccc2c(c1)OCCO2)c1cccs1. The number of hydrogen-bond acceptors (Lipinski definition) is 6. The molecule has 0 spiro atoms. The molecule has 1 aromatic heterocycles. The van der Waals surface area contributed by atoms with E-state index >= 15 is 0 Å². The fraction of sp³-hybridized carbons (Fsp3) is 0.389. The van der Waals surface area contributed by atoms with Crippen molar-refractivity contribution in [2.45, 2.75) is 10.9 Å². The molecule has 25 heavy (non-hydrogen) atoms. The van der Waals surface area contributed by atoms with Gasteiger partial charge in [0.1, 0.15) is 13.2 Å². The highest BCUT2D eigenvalue weighted by Gasteiger charge is 2.17. The maximum atomic E-state index is 12.2. The Bertz CT molecular complexity index is 704. The molecule has 0 fully saturated rings. The lowest BCUT2D eigenvalue weighted by Gasteiger charge is -2.23. The molecule has 1 atom stereocenters. The van der Waals surface area contributed by atoms with E-state index in [2.05, 4.69) is 21.7 Å². The van der Waals surface area contributed by atoms with E-state index in [1.807, 2.05) is 38.4 Å². The highest BCUT2D eigenvalue weighted by atomic mass is 32.2. The summed E-state index contributed by atoms with van der Waals surface area (Å²) in [6, 6.07) is 10.1. The molecule has 3 rings (SSSR count). The minimum atomic E-state index is 0.0308.